The number of aliphatic hydroxyl groups excluding tert-OH is 1. The van der Waals surface area contributed by atoms with E-state index in [4.69, 9.17) is 5.11 Å². The minimum absolute atomic E-state index is 0.0658. The van der Waals surface area contributed by atoms with E-state index in [1.165, 1.54) is 6.20 Å². The third-order valence-corrected chi connectivity index (χ3v) is 1.48. The molecule has 1 amide bonds. The van der Waals surface area contributed by atoms with Crippen molar-refractivity contribution in [3.8, 4) is 0 Å². The molecule has 2 N–H and O–H groups in total. The molecule has 0 aromatic carbocycles. The van der Waals surface area contributed by atoms with Crippen LogP contribution in [0, 0.1) is 13.0 Å². The summed E-state index contributed by atoms with van der Waals surface area (Å²) < 4.78 is 0. The standard InChI is InChI=1S/C9H11N2O2/c1-7-2-3-10-8(6-7)9(13)11-4-5-12/h3,6,12H,4-5H2,1H3,(H,11,13). The SMILES string of the molecule is Cc1[c]cnc(C(=O)NCCO)c1. The number of nitrogens with zero attached hydrogens (tertiary/aromatic N) is 1. The molecular formula is C9H11N2O2. The zero-order chi connectivity index (χ0) is 9.68. The fourth-order valence-corrected chi connectivity index (χ4v) is 0.872. The Labute approximate surface area is 76.6 Å². The first-order valence-corrected chi connectivity index (χ1v) is 3.97. The molecule has 1 rings (SSSR count). The lowest BCUT2D eigenvalue weighted by atomic mass is 10.2. The van der Waals surface area contributed by atoms with Gasteiger partial charge in [-0.15, -0.1) is 0 Å². The first kappa shape index (κ1) is 9.67. The molecule has 0 bridgehead atoms. The monoisotopic (exact) mass is 179 g/mol. The second-order valence-electron chi connectivity index (χ2n) is 2.59. The molecule has 0 saturated carbocycles. The Morgan fingerprint density at radius 1 is 1.77 bits per heavy atom. The third kappa shape index (κ3) is 2.83. The van der Waals surface area contributed by atoms with Gasteiger partial charge in [-0.25, -0.2) is 0 Å². The molecule has 0 saturated heterocycles. The van der Waals surface area contributed by atoms with Crippen molar-refractivity contribution in [2.45, 2.75) is 6.92 Å². The van der Waals surface area contributed by atoms with E-state index in [2.05, 4.69) is 16.4 Å². The quantitative estimate of drug-likeness (QED) is 0.681. The third-order valence-electron chi connectivity index (χ3n) is 1.48. The van der Waals surface area contributed by atoms with Crippen molar-refractivity contribution in [1.29, 1.82) is 0 Å². The molecule has 1 aromatic rings. The molecular weight excluding hydrogens is 168 g/mol. The van der Waals surface area contributed by atoms with Gasteiger partial charge < -0.3 is 10.4 Å². The van der Waals surface area contributed by atoms with Gasteiger partial charge in [0.15, 0.2) is 0 Å². The summed E-state index contributed by atoms with van der Waals surface area (Å²) in [6.07, 6.45) is 1.46. The number of nitrogens with one attached hydrogen (secondary N) is 1. The van der Waals surface area contributed by atoms with Crippen LogP contribution in [0.1, 0.15) is 16.1 Å². The van der Waals surface area contributed by atoms with Gasteiger partial charge in [0.25, 0.3) is 5.91 Å². The fourth-order valence-electron chi connectivity index (χ4n) is 0.872. The summed E-state index contributed by atoms with van der Waals surface area (Å²) in [5, 5.41) is 11.0. The van der Waals surface area contributed by atoms with Crippen LogP contribution < -0.4 is 5.32 Å². The highest BCUT2D eigenvalue weighted by molar-refractivity contribution is 5.92. The van der Waals surface area contributed by atoms with Crippen molar-refractivity contribution < 1.29 is 9.90 Å². The minimum atomic E-state index is -0.272. The predicted molar refractivity (Wildman–Crippen MR) is 47.2 cm³/mol. The van der Waals surface area contributed by atoms with E-state index < -0.39 is 0 Å². The molecule has 0 unspecified atom stereocenters. The van der Waals surface area contributed by atoms with Crippen molar-refractivity contribution in [3.05, 3.63) is 29.6 Å². The normalized spacial score (nSPS) is 9.69. The Kier molecular flexibility index (Phi) is 3.40. The molecule has 1 heterocycles. The molecule has 0 fully saturated rings. The summed E-state index contributed by atoms with van der Waals surface area (Å²) in [6.45, 7) is 2.02. The van der Waals surface area contributed by atoms with Gasteiger partial charge in [0.2, 0.25) is 0 Å². The maximum Gasteiger partial charge on any atom is 0.269 e. The van der Waals surface area contributed by atoms with Crippen LogP contribution in [-0.4, -0.2) is 29.1 Å². The number of hydrogen-bond donors (Lipinski definition) is 2. The van der Waals surface area contributed by atoms with Crippen molar-refractivity contribution in [1.82, 2.24) is 10.3 Å². The van der Waals surface area contributed by atoms with Crippen molar-refractivity contribution >= 4 is 5.91 Å². The van der Waals surface area contributed by atoms with Crippen LogP contribution in [-0.2, 0) is 0 Å². The molecule has 1 radical (unpaired) electrons. The van der Waals surface area contributed by atoms with Gasteiger partial charge >= 0.3 is 0 Å². The number of pyridine rings is 1. The van der Waals surface area contributed by atoms with Crippen LogP contribution in [0.3, 0.4) is 0 Å². The maximum absolute atomic E-state index is 11.3. The summed E-state index contributed by atoms with van der Waals surface area (Å²) in [4.78, 5) is 15.1. The van der Waals surface area contributed by atoms with Crippen LogP contribution in [0.15, 0.2) is 12.3 Å². The Morgan fingerprint density at radius 2 is 2.54 bits per heavy atom. The highest BCUT2D eigenvalue weighted by Gasteiger charge is 2.04. The van der Waals surface area contributed by atoms with Gasteiger partial charge in [0, 0.05) is 18.8 Å². The van der Waals surface area contributed by atoms with E-state index in [0.29, 0.717) is 5.69 Å². The fraction of sp³-hybridized carbons (Fsp3) is 0.333. The Hall–Kier alpha value is -1.42. The molecule has 1 aromatic heterocycles. The number of carbonyl (C=O) groups excluding carboxylic acids is 1. The number of rotatable bonds is 3. The van der Waals surface area contributed by atoms with E-state index in [1.807, 2.05) is 6.92 Å². The lowest BCUT2D eigenvalue weighted by Crippen LogP contribution is -2.27. The largest absolute Gasteiger partial charge is 0.395 e. The predicted octanol–water partition coefficient (Wildman–Crippen LogP) is -0.0877. The van der Waals surface area contributed by atoms with Gasteiger partial charge in [-0.3, -0.25) is 9.78 Å². The number of aryl methyl sites for hydroxylation is 1. The van der Waals surface area contributed by atoms with Gasteiger partial charge in [-0.05, 0) is 18.6 Å². The van der Waals surface area contributed by atoms with Crippen molar-refractivity contribution in [3.63, 3.8) is 0 Å². The zero-order valence-corrected chi connectivity index (χ0v) is 7.37. The van der Waals surface area contributed by atoms with Crippen molar-refractivity contribution in [2.75, 3.05) is 13.2 Å². The molecule has 4 nitrogen and oxygen atoms in total. The van der Waals surface area contributed by atoms with Crippen molar-refractivity contribution in [2.24, 2.45) is 0 Å². The maximum atomic E-state index is 11.3. The summed E-state index contributed by atoms with van der Waals surface area (Å²) in [7, 11) is 0. The van der Waals surface area contributed by atoms with Crippen LogP contribution in [0.25, 0.3) is 0 Å². The first-order valence-electron chi connectivity index (χ1n) is 3.97. The van der Waals surface area contributed by atoms with E-state index in [1.54, 1.807) is 6.07 Å². The van der Waals surface area contributed by atoms with Crippen LogP contribution in [0.2, 0.25) is 0 Å². The smallest absolute Gasteiger partial charge is 0.269 e. The lowest BCUT2D eigenvalue weighted by Gasteiger charge is -2.01. The average Bonchev–Trinajstić information content (AvgIpc) is 2.14. The molecule has 0 aliphatic rings. The number of hydrogen-bond acceptors (Lipinski definition) is 3. The molecule has 69 valence electrons. The summed E-state index contributed by atoms with van der Waals surface area (Å²) in [5.74, 6) is -0.272. The summed E-state index contributed by atoms with van der Waals surface area (Å²) in [6, 6.07) is 4.49. The number of aromatic nitrogens is 1. The van der Waals surface area contributed by atoms with Gasteiger partial charge in [0.05, 0.1) is 6.61 Å². The van der Waals surface area contributed by atoms with Crippen LogP contribution >= 0.6 is 0 Å². The number of aliphatic hydroxyl groups is 1. The van der Waals surface area contributed by atoms with Crippen LogP contribution in [0.4, 0.5) is 0 Å². The van der Waals surface area contributed by atoms with Gasteiger partial charge in [-0.1, -0.05) is 0 Å². The molecule has 0 atom stereocenters. The summed E-state index contributed by atoms with van der Waals surface area (Å²) in [5.41, 5.74) is 1.22. The Morgan fingerprint density at radius 3 is 3.15 bits per heavy atom. The average molecular weight is 179 g/mol. The zero-order valence-electron chi connectivity index (χ0n) is 7.37. The topological polar surface area (TPSA) is 62.2 Å². The van der Waals surface area contributed by atoms with Crippen LogP contribution in [0.5, 0.6) is 0 Å². The van der Waals surface area contributed by atoms with E-state index in [9.17, 15) is 4.79 Å². The van der Waals surface area contributed by atoms with E-state index in [0.717, 1.165) is 5.56 Å². The van der Waals surface area contributed by atoms with Gasteiger partial charge in [-0.2, -0.15) is 0 Å². The highest BCUT2D eigenvalue weighted by Crippen LogP contribution is 1.98. The minimum Gasteiger partial charge on any atom is -0.395 e. The highest BCUT2D eigenvalue weighted by atomic mass is 16.3. The van der Waals surface area contributed by atoms with Gasteiger partial charge in [0.1, 0.15) is 5.69 Å². The molecule has 0 aliphatic heterocycles. The Bertz CT molecular complexity index is 299. The van der Waals surface area contributed by atoms with E-state index >= 15 is 0 Å². The number of carbonyl (C=O) groups is 1. The summed E-state index contributed by atoms with van der Waals surface area (Å²) >= 11 is 0. The Balaban J connectivity index is 2.66. The number of amides is 1. The first-order chi connectivity index (χ1) is 6.24. The molecule has 13 heavy (non-hydrogen) atoms. The molecule has 0 aliphatic carbocycles. The second-order valence-corrected chi connectivity index (χ2v) is 2.59. The molecule has 4 heteroatoms. The molecule has 0 spiro atoms. The van der Waals surface area contributed by atoms with E-state index in [-0.39, 0.29) is 19.1 Å². The lowest BCUT2D eigenvalue weighted by molar-refractivity contribution is 0.0939. The second kappa shape index (κ2) is 4.57.